The van der Waals surface area contributed by atoms with E-state index in [0.717, 1.165) is 0 Å². The molecule has 1 aromatic heterocycles. The maximum atomic E-state index is 12.8. The van der Waals surface area contributed by atoms with Crippen molar-refractivity contribution in [1.29, 1.82) is 0 Å². The first kappa shape index (κ1) is 18.8. The second-order valence-electron chi connectivity index (χ2n) is 7.01. The van der Waals surface area contributed by atoms with Crippen LogP contribution in [-0.2, 0) is 0 Å². The second-order valence-corrected chi connectivity index (χ2v) is 7.01. The normalized spacial score (nSPS) is 14.3. The molecule has 0 radical (unpaired) electrons. The summed E-state index contributed by atoms with van der Waals surface area (Å²) >= 11 is 0. The van der Waals surface area contributed by atoms with E-state index in [-0.39, 0.29) is 11.8 Å². The molecular weight excluding hydrogens is 342 g/mol. The summed E-state index contributed by atoms with van der Waals surface area (Å²) < 4.78 is 0. The molecule has 7 nitrogen and oxygen atoms in total. The quantitative estimate of drug-likeness (QED) is 0.872. The molecule has 1 N–H and O–H groups in total. The highest BCUT2D eigenvalue weighted by molar-refractivity contribution is 5.99. The lowest BCUT2D eigenvalue weighted by atomic mass is 10.1. The molecule has 1 fully saturated rings. The molecule has 0 unspecified atom stereocenters. The lowest BCUT2D eigenvalue weighted by Gasteiger charge is -2.34. The van der Waals surface area contributed by atoms with Crippen LogP contribution in [0.15, 0.2) is 42.7 Å². The molecule has 0 bridgehead atoms. The maximum Gasteiger partial charge on any atom is 0.253 e. The fourth-order valence-corrected chi connectivity index (χ4v) is 2.94. The Hall–Kier alpha value is -2.96. The van der Waals surface area contributed by atoms with Crippen molar-refractivity contribution in [3.05, 3.63) is 53.9 Å². The third kappa shape index (κ3) is 4.81. The lowest BCUT2D eigenvalue weighted by Crippen LogP contribution is -2.49. The molecule has 7 heteroatoms. The minimum absolute atomic E-state index is 0.0536. The van der Waals surface area contributed by atoms with Gasteiger partial charge in [0.25, 0.3) is 11.8 Å². The molecule has 1 aliphatic heterocycles. The van der Waals surface area contributed by atoms with E-state index in [1.165, 1.54) is 0 Å². The van der Waals surface area contributed by atoms with Crippen LogP contribution < -0.4 is 10.2 Å². The van der Waals surface area contributed by atoms with Crippen molar-refractivity contribution in [2.75, 3.05) is 37.6 Å². The molecule has 0 saturated carbocycles. The zero-order chi connectivity index (χ0) is 19.2. The van der Waals surface area contributed by atoms with Crippen molar-refractivity contribution in [1.82, 2.24) is 20.2 Å². The van der Waals surface area contributed by atoms with Crippen LogP contribution in [0.25, 0.3) is 0 Å². The molecule has 142 valence electrons. The number of benzene rings is 1. The number of carbonyl (C=O) groups excluding carboxylic acids is 2. The van der Waals surface area contributed by atoms with Crippen LogP contribution in [0.4, 0.5) is 5.95 Å². The summed E-state index contributed by atoms with van der Waals surface area (Å²) in [5.74, 6) is 0.864. The molecule has 1 aliphatic rings. The van der Waals surface area contributed by atoms with Gasteiger partial charge in [-0.05, 0) is 30.2 Å². The topological polar surface area (TPSA) is 78.4 Å². The summed E-state index contributed by atoms with van der Waals surface area (Å²) in [6.07, 6.45) is 3.44. The summed E-state index contributed by atoms with van der Waals surface area (Å²) in [7, 11) is 0. The van der Waals surface area contributed by atoms with E-state index in [1.807, 2.05) is 18.7 Å². The highest BCUT2D eigenvalue weighted by Crippen LogP contribution is 2.14. The zero-order valence-corrected chi connectivity index (χ0v) is 15.8. The predicted molar refractivity (Wildman–Crippen MR) is 104 cm³/mol. The zero-order valence-electron chi connectivity index (χ0n) is 15.8. The summed E-state index contributed by atoms with van der Waals surface area (Å²) in [6, 6.07) is 8.70. The van der Waals surface area contributed by atoms with Gasteiger partial charge in [0.1, 0.15) is 0 Å². The SMILES string of the molecule is CC(C)CNC(=O)c1cccc(C(=O)N2CCN(c3ncccn3)CC2)c1. The van der Waals surface area contributed by atoms with Gasteiger partial charge in [-0.15, -0.1) is 0 Å². The minimum Gasteiger partial charge on any atom is -0.352 e. The molecule has 2 heterocycles. The summed E-state index contributed by atoms with van der Waals surface area (Å²) in [5.41, 5.74) is 1.05. The molecule has 0 atom stereocenters. The van der Waals surface area contributed by atoms with Gasteiger partial charge < -0.3 is 15.1 Å². The number of hydrogen-bond donors (Lipinski definition) is 1. The van der Waals surface area contributed by atoms with Gasteiger partial charge in [0, 0.05) is 56.2 Å². The van der Waals surface area contributed by atoms with Crippen molar-refractivity contribution < 1.29 is 9.59 Å². The van der Waals surface area contributed by atoms with Crippen LogP contribution in [0.5, 0.6) is 0 Å². The number of carbonyl (C=O) groups is 2. The van der Waals surface area contributed by atoms with Crippen LogP contribution in [0.3, 0.4) is 0 Å². The van der Waals surface area contributed by atoms with Crippen LogP contribution >= 0.6 is 0 Å². The number of hydrogen-bond acceptors (Lipinski definition) is 5. The molecule has 0 spiro atoms. The molecular formula is C20H25N5O2. The average Bonchev–Trinajstić information content (AvgIpc) is 2.72. The van der Waals surface area contributed by atoms with Gasteiger partial charge in [-0.25, -0.2) is 9.97 Å². The van der Waals surface area contributed by atoms with E-state index in [1.54, 1.807) is 42.7 Å². The second kappa shape index (κ2) is 8.62. The molecule has 0 aliphatic carbocycles. The summed E-state index contributed by atoms with van der Waals surface area (Å²) in [6.45, 7) is 7.26. The van der Waals surface area contributed by atoms with Crippen molar-refractivity contribution >= 4 is 17.8 Å². The standard InChI is InChI=1S/C20H25N5O2/c1-15(2)14-23-18(26)16-5-3-6-17(13-16)19(27)24-9-11-25(12-10-24)20-21-7-4-8-22-20/h3-8,13,15H,9-12,14H2,1-2H3,(H,23,26). The van der Waals surface area contributed by atoms with Gasteiger partial charge in [0.05, 0.1) is 0 Å². The first-order valence-electron chi connectivity index (χ1n) is 9.24. The van der Waals surface area contributed by atoms with Gasteiger partial charge in [-0.1, -0.05) is 19.9 Å². The largest absolute Gasteiger partial charge is 0.352 e. The van der Waals surface area contributed by atoms with E-state index in [4.69, 9.17) is 0 Å². The van der Waals surface area contributed by atoms with E-state index < -0.39 is 0 Å². The fourth-order valence-electron chi connectivity index (χ4n) is 2.94. The Balaban J connectivity index is 1.61. The Kier molecular flexibility index (Phi) is 6.01. The number of nitrogens with one attached hydrogen (secondary N) is 1. The average molecular weight is 367 g/mol. The first-order valence-corrected chi connectivity index (χ1v) is 9.24. The van der Waals surface area contributed by atoms with Gasteiger partial charge >= 0.3 is 0 Å². The summed E-state index contributed by atoms with van der Waals surface area (Å²) in [4.78, 5) is 37.5. The number of piperazine rings is 1. The van der Waals surface area contributed by atoms with Gasteiger partial charge in [-0.3, -0.25) is 9.59 Å². The molecule has 2 amide bonds. The van der Waals surface area contributed by atoms with Crippen molar-refractivity contribution in [2.45, 2.75) is 13.8 Å². The molecule has 1 aromatic carbocycles. The first-order chi connectivity index (χ1) is 13.0. The third-order valence-corrected chi connectivity index (χ3v) is 4.44. The highest BCUT2D eigenvalue weighted by Gasteiger charge is 2.23. The van der Waals surface area contributed by atoms with Gasteiger partial charge in [0.15, 0.2) is 0 Å². The molecule has 3 rings (SSSR count). The van der Waals surface area contributed by atoms with Gasteiger partial charge in [-0.2, -0.15) is 0 Å². The maximum absolute atomic E-state index is 12.8. The van der Waals surface area contributed by atoms with E-state index >= 15 is 0 Å². The van der Waals surface area contributed by atoms with Crippen molar-refractivity contribution in [3.63, 3.8) is 0 Å². The number of rotatable bonds is 5. The lowest BCUT2D eigenvalue weighted by molar-refractivity contribution is 0.0746. The van der Waals surface area contributed by atoms with E-state index in [2.05, 4.69) is 20.2 Å². The number of aromatic nitrogens is 2. The Morgan fingerprint density at radius 3 is 2.37 bits per heavy atom. The predicted octanol–water partition coefficient (Wildman–Crippen LogP) is 1.82. The number of nitrogens with zero attached hydrogens (tertiary/aromatic N) is 4. The summed E-state index contributed by atoms with van der Waals surface area (Å²) in [5, 5.41) is 2.88. The Labute approximate surface area is 159 Å². The molecule has 2 aromatic rings. The van der Waals surface area contributed by atoms with Crippen LogP contribution in [0.2, 0.25) is 0 Å². The van der Waals surface area contributed by atoms with Crippen molar-refractivity contribution in [3.8, 4) is 0 Å². The van der Waals surface area contributed by atoms with Crippen LogP contribution in [-0.4, -0.2) is 59.4 Å². The van der Waals surface area contributed by atoms with Crippen molar-refractivity contribution in [2.24, 2.45) is 5.92 Å². The fraction of sp³-hybridized carbons (Fsp3) is 0.400. The third-order valence-electron chi connectivity index (χ3n) is 4.44. The highest BCUT2D eigenvalue weighted by atomic mass is 16.2. The monoisotopic (exact) mass is 367 g/mol. The number of anilines is 1. The Bertz CT molecular complexity index is 786. The van der Waals surface area contributed by atoms with E-state index in [9.17, 15) is 9.59 Å². The minimum atomic E-state index is -0.149. The molecule has 1 saturated heterocycles. The Morgan fingerprint density at radius 1 is 1.04 bits per heavy atom. The Morgan fingerprint density at radius 2 is 1.70 bits per heavy atom. The molecule has 27 heavy (non-hydrogen) atoms. The van der Waals surface area contributed by atoms with E-state index in [0.29, 0.717) is 55.7 Å². The smallest absolute Gasteiger partial charge is 0.253 e. The van der Waals surface area contributed by atoms with Crippen LogP contribution in [0.1, 0.15) is 34.6 Å². The van der Waals surface area contributed by atoms with Gasteiger partial charge in [0.2, 0.25) is 5.95 Å². The number of amides is 2. The van der Waals surface area contributed by atoms with Crippen LogP contribution in [0, 0.1) is 5.92 Å².